The van der Waals surface area contributed by atoms with Gasteiger partial charge in [-0.25, -0.2) is 0 Å². The molecule has 28 heavy (non-hydrogen) atoms. The van der Waals surface area contributed by atoms with Crippen molar-refractivity contribution in [1.82, 2.24) is 0 Å². The fourth-order valence-corrected chi connectivity index (χ4v) is 5.41. The smallest absolute Gasteiger partial charge is 0.329 e. The van der Waals surface area contributed by atoms with E-state index < -0.39 is 0 Å². The first-order valence-electron chi connectivity index (χ1n) is 9.29. The Balaban J connectivity index is 1.76. The van der Waals surface area contributed by atoms with Gasteiger partial charge in [-0.15, -0.1) is 0 Å². The first-order valence-corrected chi connectivity index (χ1v) is 10.9. The van der Waals surface area contributed by atoms with Crippen molar-refractivity contribution in [2.24, 2.45) is 0 Å². The summed E-state index contributed by atoms with van der Waals surface area (Å²) in [4.78, 5) is 2.51. The van der Waals surface area contributed by atoms with E-state index >= 15 is 0 Å². The van der Waals surface area contributed by atoms with E-state index in [1.54, 1.807) is 0 Å². The SMILES string of the molecule is Brc1ccc2c(c1)-c1ccccc1B1c3ccccc3-c3cc(Br)ccc3N12. The van der Waals surface area contributed by atoms with Crippen molar-refractivity contribution in [3.8, 4) is 22.3 Å². The van der Waals surface area contributed by atoms with E-state index in [1.807, 2.05) is 0 Å². The summed E-state index contributed by atoms with van der Waals surface area (Å²) in [5.74, 6) is 0. The van der Waals surface area contributed by atoms with Crippen LogP contribution in [0.5, 0.6) is 0 Å². The van der Waals surface area contributed by atoms with E-state index in [9.17, 15) is 0 Å². The Hall–Kier alpha value is -2.30. The Kier molecular flexibility index (Phi) is 3.63. The lowest BCUT2D eigenvalue weighted by molar-refractivity contribution is 1.34. The maximum absolute atomic E-state index is 3.67. The van der Waals surface area contributed by atoms with Crippen LogP contribution in [-0.2, 0) is 0 Å². The molecule has 0 radical (unpaired) electrons. The molecule has 2 aliphatic rings. The van der Waals surface area contributed by atoms with Crippen LogP contribution in [0.15, 0.2) is 93.9 Å². The molecule has 0 fully saturated rings. The predicted molar refractivity (Wildman–Crippen MR) is 126 cm³/mol. The Morgan fingerprint density at radius 2 is 1.00 bits per heavy atom. The molecule has 0 bridgehead atoms. The molecule has 0 atom stereocenters. The van der Waals surface area contributed by atoms with Gasteiger partial charge in [0.25, 0.3) is 0 Å². The van der Waals surface area contributed by atoms with Crippen LogP contribution in [0, 0.1) is 0 Å². The molecule has 132 valence electrons. The number of fused-ring (bicyclic) bond motifs is 11. The highest BCUT2D eigenvalue weighted by Crippen LogP contribution is 2.46. The van der Waals surface area contributed by atoms with E-state index in [1.165, 1.54) is 44.6 Å². The molecule has 6 rings (SSSR count). The lowest BCUT2D eigenvalue weighted by Gasteiger charge is -2.43. The zero-order valence-corrected chi connectivity index (χ0v) is 18.0. The molecule has 2 aliphatic heterocycles. The molecule has 0 aliphatic carbocycles. The van der Waals surface area contributed by atoms with Gasteiger partial charge in [-0.2, -0.15) is 0 Å². The van der Waals surface area contributed by atoms with Crippen molar-refractivity contribution >= 4 is 61.0 Å². The Morgan fingerprint density at radius 3 is 1.50 bits per heavy atom. The lowest BCUT2D eigenvalue weighted by atomic mass is 9.43. The van der Waals surface area contributed by atoms with Crippen LogP contribution in [0.1, 0.15) is 0 Å². The average molecular weight is 487 g/mol. The zero-order chi connectivity index (χ0) is 18.8. The minimum atomic E-state index is 0.176. The van der Waals surface area contributed by atoms with Gasteiger partial charge in [0.2, 0.25) is 0 Å². The number of anilines is 2. The molecule has 0 unspecified atom stereocenters. The van der Waals surface area contributed by atoms with Gasteiger partial charge >= 0.3 is 6.85 Å². The van der Waals surface area contributed by atoms with Gasteiger partial charge in [-0.05, 0) is 58.5 Å². The highest BCUT2D eigenvalue weighted by atomic mass is 79.9. The second kappa shape index (κ2) is 6.10. The largest absolute Gasteiger partial charge is 0.376 e. The van der Waals surface area contributed by atoms with Crippen LogP contribution in [0.25, 0.3) is 22.3 Å². The number of halogens is 2. The summed E-state index contributed by atoms with van der Waals surface area (Å²) in [5, 5.41) is 0. The van der Waals surface area contributed by atoms with Gasteiger partial charge in [-0.1, -0.05) is 80.4 Å². The predicted octanol–water partition coefficient (Wildman–Crippen LogP) is 6.12. The highest BCUT2D eigenvalue weighted by molar-refractivity contribution is 9.10. The molecule has 0 saturated heterocycles. The maximum atomic E-state index is 3.67. The summed E-state index contributed by atoms with van der Waals surface area (Å²) >= 11 is 7.35. The number of benzene rings is 4. The highest BCUT2D eigenvalue weighted by Gasteiger charge is 2.41. The van der Waals surface area contributed by atoms with Crippen molar-refractivity contribution in [1.29, 1.82) is 0 Å². The third-order valence-corrected chi connectivity index (χ3v) is 6.77. The van der Waals surface area contributed by atoms with Gasteiger partial charge < -0.3 is 4.81 Å². The van der Waals surface area contributed by atoms with Crippen LogP contribution < -0.4 is 15.7 Å². The summed E-state index contributed by atoms with van der Waals surface area (Å²) in [5.41, 5.74) is 10.4. The lowest BCUT2D eigenvalue weighted by Crippen LogP contribution is -2.59. The first-order chi connectivity index (χ1) is 13.7. The van der Waals surface area contributed by atoms with Gasteiger partial charge in [-0.3, -0.25) is 0 Å². The summed E-state index contributed by atoms with van der Waals surface area (Å²) in [7, 11) is 0. The van der Waals surface area contributed by atoms with Crippen molar-refractivity contribution in [2.75, 3.05) is 4.81 Å². The molecular formula is C24H14BBr2N. The van der Waals surface area contributed by atoms with Crippen molar-refractivity contribution in [3.63, 3.8) is 0 Å². The molecule has 0 aromatic heterocycles. The molecule has 4 aromatic carbocycles. The molecule has 0 saturated carbocycles. The Morgan fingerprint density at radius 1 is 0.536 bits per heavy atom. The number of rotatable bonds is 0. The molecule has 2 heterocycles. The third kappa shape index (κ3) is 2.25. The fourth-order valence-electron chi connectivity index (χ4n) is 4.68. The van der Waals surface area contributed by atoms with Gasteiger partial charge in [0.1, 0.15) is 0 Å². The van der Waals surface area contributed by atoms with Crippen LogP contribution in [-0.4, -0.2) is 6.85 Å². The second-order valence-corrected chi connectivity index (χ2v) is 9.10. The van der Waals surface area contributed by atoms with Crippen LogP contribution in [0.4, 0.5) is 11.4 Å². The Bertz CT molecular complexity index is 1170. The summed E-state index contributed by atoms with van der Waals surface area (Å²) in [6, 6.07) is 30.9. The fraction of sp³-hybridized carbons (Fsp3) is 0. The van der Waals surface area contributed by atoms with Gasteiger partial charge in [0.15, 0.2) is 0 Å². The average Bonchev–Trinajstić information content (AvgIpc) is 2.73. The van der Waals surface area contributed by atoms with E-state index in [4.69, 9.17) is 0 Å². The van der Waals surface area contributed by atoms with E-state index in [-0.39, 0.29) is 6.85 Å². The molecule has 0 N–H and O–H groups in total. The summed E-state index contributed by atoms with van der Waals surface area (Å²) in [6.45, 7) is 0.176. The normalized spacial score (nSPS) is 13.2. The minimum Gasteiger partial charge on any atom is -0.376 e. The molecular weight excluding hydrogens is 473 g/mol. The van der Waals surface area contributed by atoms with Gasteiger partial charge in [0.05, 0.1) is 0 Å². The molecule has 0 amide bonds. The molecule has 4 aromatic rings. The van der Waals surface area contributed by atoms with E-state index in [0.717, 1.165) is 8.95 Å². The van der Waals surface area contributed by atoms with E-state index in [0.29, 0.717) is 0 Å². The summed E-state index contributed by atoms with van der Waals surface area (Å²) in [6.07, 6.45) is 0. The number of hydrogen-bond donors (Lipinski definition) is 0. The molecule has 0 spiro atoms. The molecule has 1 nitrogen and oxygen atoms in total. The van der Waals surface area contributed by atoms with Crippen molar-refractivity contribution in [3.05, 3.63) is 93.9 Å². The number of nitrogens with zero attached hydrogens (tertiary/aromatic N) is 1. The Labute approximate surface area is 181 Å². The second-order valence-electron chi connectivity index (χ2n) is 7.27. The zero-order valence-electron chi connectivity index (χ0n) is 14.9. The number of hydrogen-bond acceptors (Lipinski definition) is 1. The van der Waals surface area contributed by atoms with Crippen LogP contribution >= 0.6 is 31.9 Å². The van der Waals surface area contributed by atoms with Gasteiger partial charge in [0, 0.05) is 31.4 Å². The topological polar surface area (TPSA) is 3.24 Å². The van der Waals surface area contributed by atoms with E-state index in [2.05, 4.69) is 122 Å². The maximum Gasteiger partial charge on any atom is 0.329 e. The third-order valence-electron chi connectivity index (χ3n) is 5.79. The summed E-state index contributed by atoms with van der Waals surface area (Å²) < 4.78 is 2.21. The van der Waals surface area contributed by atoms with Crippen LogP contribution in [0.2, 0.25) is 0 Å². The minimum absolute atomic E-state index is 0.176. The van der Waals surface area contributed by atoms with Crippen molar-refractivity contribution < 1.29 is 0 Å². The first kappa shape index (κ1) is 16.6. The van der Waals surface area contributed by atoms with Crippen LogP contribution in [0.3, 0.4) is 0 Å². The quantitative estimate of drug-likeness (QED) is 0.271. The standard InChI is InChI=1S/C24H14BBr2N/c26-15-9-11-23-19(13-15)17-5-1-3-7-21(17)25-22-8-4-2-6-18(22)20-14-16(27)10-12-24(20)28(23)25/h1-14H. The van der Waals surface area contributed by atoms with Crippen molar-refractivity contribution in [2.45, 2.75) is 0 Å². The molecule has 4 heteroatoms. The monoisotopic (exact) mass is 485 g/mol.